The molecule has 8 heteroatoms. The largest absolute Gasteiger partial charge is 0.318 e. The predicted molar refractivity (Wildman–Crippen MR) is 104 cm³/mol. The molecule has 25 heavy (non-hydrogen) atoms. The molecular weight excluding hydrogens is 376 g/mol. The summed E-state index contributed by atoms with van der Waals surface area (Å²) < 4.78 is 24.3. The van der Waals surface area contributed by atoms with Gasteiger partial charge < -0.3 is 0 Å². The third-order valence-corrected chi connectivity index (χ3v) is 5.45. The minimum Gasteiger partial charge on any atom is -0.271 e. The predicted octanol–water partition coefficient (Wildman–Crippen LogP) is 4.21. The molecule has 0 amide bonds. The Hall–Kier alpha value is -1.61. The highest BCUT2D eigenvalue weighted by molar-refractivity contribution is 7.80. The molecule has 1 aromatic carbocycles. The normalized spacial score (nSPS) is 13.1. The number of hydroxylamine groups is 2. The molecule has 2 rings (SSSR count). The molecule has 0 N–H and O–H groups in total. The summed E-state index contributed by atoms with van der Waals surface area (Å²) in [5, 5.41) is 5.33. The van der Waals surface area contributed by atoms with Crippen LogP contribution in [0, 0.1) is 0 Å². The lowest BCUT2D eigenvalue weighted by Crippen LogP contribution is -2.25. The van der Waals surface area contributed by atoms with Gasteiger partial charge in [0.15, 0.2) is 0 Å². The van der Waals surface area contributed by atoms with Crippen LogP contribution in [-0.4, -0.2) is 32.2 Å². The van der Waals surface area contributed by atoms with Crippen molar-refractivity contribution < 1.29 is 13.3 Å². The van der Waals surface area contributed by atoms with Gasteiger partial charge in [-0.15, -0.1) is 4.36 Å². The van der Waals surface area contributed by atoms with Gasteiger partial charge in [-0.25, -0.2) is 5.06 Å². The quantitative estimate of drug-likeness (QED) is 0.541. The maximum atomic E-state index is 10.5. The van der Waals surface area contributed by atoms with Crippen LogP contribution in [-0.2, 0) is 15.3 Å². The highest BCUT2D eigenvalue weighted by atomic mass is 32.2. The Morgan fingerprint density at radius 3 is 2.64 bits per heavy atom. The van der Waals surface area contributed by atoms with E-state index in [4.69, 9.17) is 17.1 Å². The molecule has 0 aliphatic carbocycles. The van der Waals surface area contributed by atoms with E-state index in [-0.39, 0.29) is 11.0 Å². The van der Waals surface area contributed by atoms with E-state index in [1.165, 1.54) is 16.2 Å². The van der Waals surface area contributed by atoms with Gasteiger partial charge in [-0.3, -0.25) is 4.84 Å². The number of rotatable bonds is 6. The molecule has 0 saturated heterocycles. The van der Waals surface area contributed by atoms with Crippen molar-refractivity contribution in [1.29, 1.82) is 0 Å². The summed E-state index contributed by atoms with van der Waals surface area (Å²) >= 11 is 6.57. The molecule has 0 fully saturated rings. The summed E-state index contributed by atoms with van der Waals surface area (Å²) in [6.45, 7) is 4.61. The van der Waals surface area contributed by atoms with Crippen molar-refractivity contribution >= 4 is 39.2 Å². The first-order valence-corrected chi connectivity index (χ1v) is 10.1. The number of thiophene rings is 1. The van der Waals surface area contributed by atoms with Crippen LogP contribution >= 0.6 is 23.6 Å². The SMILES string of the molecule is CC(CON(C)C(=S)N=S(=O)=O)c1cccc(C(C)c2ccsc2)c1. The number of hydrogen-bond acceptors (Lipinski definition) is 5. The summed E-state index contributed by atoms with van der Waals surface area (Å²) in [6.07, 6.45) is 0. The van der Waals surface area contributed by atoms with Gasteiger partial charge in [-0.05, 0) is 45.7 Å². The highest BCUT2D eigenvalue weighted by Crippen LogP contribution is 2.28. The maximum absolute atomic E-state index is 10.5. The summed E-state index contributed by atoms with van der Waals surface area (Å²) in [5.41, 5.74) is 3.72. The lowest BCUT2D eigenvalue weighted by Gasteiger charge is -2.20. The Morgan fingerprint density at radius 1 is 1.28 bits per heavy atom. The average Bonchev–Trinajstić information content (AvgIpc) is 3.12. The fourth-order valence-electron chi connectivity index (χ4n) is 2.35. The van der Waals surface area contributed by atoms with Crippen LogP contribution < -0.4 is 0 Å². The Labute approximate surface area is 158 Å². The summed E-state index contributed by atoms with van der Waals surface area (Å²) in [7, 11) is -1.03. The summed E-state index contributed by atoms with van der Waals surface area (Å²) in [4.78, 5) is 5.52. The molecule has 2 atom stereocenters. The molecule has 1 heterocycles. The smallest absolute Gasteiger partial charge is 0.271 e. The molecule has 0 saturated carbocycles. The first-order chi connectivity index (χ1) is 11.9. The molecule has 0 radical (unpaired) electrons. The Bertz CT molecular complexity index is 840. The third kappa shape index (κ3) is 5.71. The molecule has 0 spiro atoms. The van der Waals surface area contributed by atoms with Gasteiger partial charge in [0.25, 0.3) is 0 Å². The van der Waals surface area contributed by atoms with Gasteiger partial charge >= 0.3 is 10.5 Å². The van der Waals surface area contributed by atoms with Crippen molar-refractivity contribution in [3.05, 3.63) is 57.8 Å². The fourth-order valence-corrected chi connectivity index (χ4v) is 3.58. The van der Waals surface area contributed by atoms with Crippen molar-refractivity contribution in [3.63, 3.8) is 0 Å². The average molecular weight is 397 g/mol. The van der Waals surface area contributed by atoms with E-state index in [9.17, 15) is 8.42 Å². The number of thiocarbonyl (C=S) groups is 1. The van der Waals surface area contributed by atoms with Crippen LogP contribution in [0.3, 0.4) is 0 Å². The maximum Gasteiger partial charge on any atom is 0.318 e. The van der Waals surface area contributed by atoms with Crippen LogP contribution in [0.15, 0.2) is 45.5 Å². The molecule has 1 aromatic heterocycles. The zero-order chi connectivity index (χ0) is 18.4. The molecular formula is C17H20N2O3S3. The molecule has 0 bridgehead atoms. The first-order valence-electron chi connectivity index (χ1n) is 7.72. The van der Waals surface area contributed by atoms with Crippen molar-refractivity contribution in [2.75, 3.05) is 13.7 Å². The van der Waals surface area contributed by atoms with Crippen molar-refractivity contribution in [2.45, 2.75) is 25.7 Å². The van der Waals surface area contributed by atoms with E-state index in [0.29, 0.717) is 12.5 Å². The molecule has 5 nitrogen and oxygen atoms in total. The van der Waals surface area contributed by atoms with E-state index in [1.807, 2.05) is 13.0 Å². The Morgan fingerprint density at radius 2 is 2.00 bits per heavy atom. The fraction of sp³-hybridized carbons (Fsp3) is 0.353. The second-order valence-electron chi connectivity index (χ2n) is 5.73. The minimum absolute atomic E-state index is 0.123. The van der Waals surface area contributed by atoms with Crippen LogP contribution in [0.1, 0.15) is 42.4 Å². The number of benzene rings is 1. The first kappa shape index (κ1) is 19.7. The summed E-state index contributed by atoms with van der Waals surface area (Å²) in [5.74, 6) is 0.457. The van der Waals surface area contributed by atoms with Gasteiger partial charge in [0.05, 0.1) is 6.61 Å². The van der Waals surface area contributed by atoms with Crippen LogP contribution in [0.25, 0.3) is 0 Å². The topological polar surface area (TPSA) is 59.0 Å². The second-order valence-corrected chi connectivity index (χ2v) is 7.50. The zero-order valence-corrected chi connectivity index (χ0v) is 16.7. The minimum atomic E-state index is -2.58. The van der Waals surface area contributed by atoms with Gasteiger partial charge in [0, 0.05) is 18.9 Å². The standard InChI is InChI=1S/C17H20N2O3S3/c1-12(10-22-19(3)17(23)18-25(20)21)14-5-4-6-15(9-14)13(2)16-7-8-24-11-16/h4-9,11-13H,10H2,1-3H3. The highest BCUT2D eigenvalue weighted by Gasteiger charge is 2.13. The molecule has 2 unspecified atom stereocenters. The van der Waals surface area contributed by atoms with Gasteiger partial charge in [0.2, 0.25) is 5.11 Å². The Balaban J connectivity index is 2.02. The zero-order valence-electron chi connectivity index (χ0n) is 14.2. The molecule has 0 aliphatic rings. The number of hydrogen-bond donors (Lipinski definition) is 0. The molecule has 2 aromatic rings. The van der Waals surface area contributed by atoms with Crippen molar-refractivity contribution in [3.8, 4) is 0 Å². The number of nitrogens with zero attached hydrogens (tertiary/aromatic N) is 2. The van der Waals surface area contributed by atoms with Crippen molar-refractivity contribution in [1.82, 2.24) is 5.06 Å². The van der Waals surface area contributed by atoms with Crippen molar-refractivity contribution in [2.24, 2.45) is 4.36 Å². The lowest BCUT2D eigenvalue weighted by molar-refractivity contribution is -0.0828. The van der Waals surface area contributed by atoms with Gasteiger partial charge in [0.1, 0.15) is 0 Å². The van der Waals surface area contributed by atoms with Gasteiger partial charge in [-0.2, -0.15) is 19.8 Å². The van der Waals surface area contributed by atoms with Crippen LogP contribution in [0.4, 0.5) is 0 Å². The second kappa shape index (κ2) is 9.19. The van der Waals surface area contributed by atoms with E-state index in [0.717, 1.165) is 5.56 Å². The lowest BCUT2D eigenvalue weighted by atomic mass is 9.91. The molecule has 134 valence electrons. The molecule has 0 aliphatic heterocycles. The Kier molecular flexibility index (Phi) is 7.24. The van der Waals surface area contributed by atoms with E-state index in [2.05, 4.69) is 46.3 Å². The summed E-state index contributed by atoms with van der Waals surface area (Å²) in [6, 6.07) is 10.6. The van der Waals surface area contributed by atoms with Crippen LogP contribution in [0.5, 0.6) is 0 Å². The van der Waals surface area contributed by atoms with E-state index in [1.54, 1.807) is 18.4 Å². The van der Waals surface area contributed by atoms with E-state index < -0.39 is 10.5 Å². The monoisotopic (exact) mass is 396 g/mol. The van der Waals surface area contributed by atoms with Crippen LogP contribution in [0.2, 0.25) is 0 Å². The third-order valence-electron chi connectivity index (χ3n) is 3.96. The van der Waals surface area contributed by atoms with Gasteiger partial charge in [-0.1, -0.05) is 38.1 Å². The van der Waals surface area contributed by atoms with E-state index >= 15 is 0 Å².